The van der Waals surface area contributed by atoms with Crippen LogP contribution in [0.4, 0.5) is 11.5 Å². The lowest BCUT2D eigenvalue weighted by molar-refractivity contribution is 0.102. The highest BCUT2D eigenvalue weighted by Crippen LogP contribution is 2.15. The summed E-state index contributed by atoms with van der Waals surface area (Å²) in [5, 5.41) is 14.9. The number of pyridine rings is 1. The van der Waals surface area contributed by atoms with Crippen LogP contribution in [0, 0.1) is 11.3 Å². The predicted octanol–water partition coefficient (Wildman–Crippen LogP) is 2.61. The molecule has 0 aliphatic heterocycles. The van der Waals surface area contributed by atoms with Crippen molar-refractivity contribution < 1.29 is 4.79 Å². The van der Waals surface area contributed by atoms with E-state index in [4.69, 9.17) is 5.26 Å². The number of rotatable bonds is 5. The number of hydrogen-bond donors (Lipinski definition) is 2. The number of nitrogens with one attached hydrogen (secondary N) is 2. The highest BCUT2D eigenvalue weighted by atomic mass is 16.1. The van der Waals surface area contributed by atoms with Gasteiger partial charge < -0.3 is 10.6 Å². The van der Waals surface area contributed by atoms with Crippen LogP contribution >= 0.6 is 0 Å². The molecule has 7 heteroatoms. The minimum absolute atomic E-state index is 0.205. The Bertz CT molecular complexity index is 920. The number of aromatic nitrogens is 3. The van der Waals surface area contributed by atoms with Gasteiger partial charge in [-0.15, -0.1) is 0 Å². The lowest BCUT2D eigenvalue weighted by Gasteiger charge is -2.08. The third kappa shape index (κ3) is 4.14. The highest BCUT2D eigenvalue weighted by molar-refractivity contribution is 6.03. The average Bonchev–Trinajstić information content (AvgIpc) is 2.68. The Balaban J connectivity index is 1.70. The highest BCUT2D eigenvalue weighted by Gasteiger charge is 2.11. The van der Waals surface area contributed by atoms with E-state index in [1.54, 1.807) is 42.7 Å². The van der Waals surface area contributed by atoms with E-state index in [1.807, 2.05) is 18.2 Å². The number of amides is 1. The van der Waals surface area contributed by atoms with Gasteiger partial charge in [-0.25, -0.2) is 9.97 Å². The standard InChI is InChI=1S/C18H14N6O/c19-9-14-5-1-2-6-15(14)24-18(25)16-8-17(23-12-22-16)21-11-13-4-3-7-20-10-13/h1-8,10,12H,11H2,(H,24,25)(H,21,22,23). The summed E-state index contributed by atoms with van der Waals surface area (Å²) in [5.41, 5.74) is 2.03. The fourth-order valence-electron chi connectivity index (χ4n) is 2.15. The van der Waals surface area contributed by atoms with Crippen LogP contribution in [0.15, 0.2) is 61.2 Å². The minimum atomic E-state index is -0.408. The Kier molecular flexibility index (Phi) is 4.93. The van der Waals surface area contributed by atoms with Gasteiger partial charge in [0.1, 0.15) is 23.9 Å². The fourth-order valence-corrected chi connectivity index (χ4v) is 2.15. The van der Waals surface area contributed by atoms with E-state index < -0.39 is 5.91 Å². The summed E-state index contributed by atoms with van der Waals surface area (Å²) in [6.45, 7) is 0.531. The molecule has 1 aromatic carbocycles. The maximum absolute atomic E-state index is 12.4. The maximum Gasteiger partial charge on any atom is 0.274 e. The summed E-state index contributed by atoms with van der Waals surface area (Å²) in [6, 6.07) is 14.2. The summed E-state index contributed by atoms with van der Waals surface area (Å²) in [6.07, 6.45) is 4.77. The molecule has 0 unspecified atom stereocenters. The zero-order chi connectivity index (χ0) is 17.5. The maximum atomic E-state index is 12.4. The number of benzene rings is 1. The van der Waals surface area contributed by atoms with Gasteiger partial charge >= 0.3 is 0 Å². The lowest BCUT2D eigenvalue weighted by Crippen LogP contribution is -2.15. The van der Waals surface area contributed by atoms with Crippen molar-refractivity contribution in [3.8, 4) is 6.07 Å². The molecule has 2 N–H and O–H groups in total. The van der Waals surface area contributed by atoms with Crippen molar-refractivity contribution in [1.82, 2.24) is 15.0 Å². The van der Waals surface area contributed by atoms with Crippen molar-refractivity contribution in [2.75, 3.05) is 10.6 Å². The first-order valence-corrected chi connectivity index (χ1v) is 7.51. The molecule has 3 aromatic rings. The molecule has 0 saturated carbocycles. The van der Waals surface area contributed by atoms with Gasteiger partial charge in [-0.05, 0) is 23.8 Å². The molecule has 2 heterocycles. The number of nitriles is 1. The average molecular weight is 330 g/mol. The second-order valence-electron chi connectivity index (χ2n) is 5.11. The molecule has 0 bridgehead atoms. The topological polar surface area (TPSA) is 104 Å². The second-order valence-corrected chi connectivity index (χ2v) is 5.11. The summed E-state index contributed by atoms with van der Waals surface area (Å²) in [4.78, 5) is 24.5. The molecule has 2 aromatic heterocycles. The van der Waals surface area contributed by atoms with Crippen molar-refractivity contribution in [1.29, 1.82) is 5.26 Å². The molecular weight excluding hydrogens is 316 g/mol. The van der Waals surface area contributed by atoms with Crippen LogP contribution in [-0.4, -0.2) is 20.9 Å². The van der Waals surface area contributed by atoms with Crippen LogP contribution in [-0.2, 0) is 6.54 Å². The van der Waals surface area contributed by atoms with E-state index in [1.165, 1.54) is 6.33 Å². The minimum Gasteiger partial charge on any atom is -0.366 e. The summed E-state index contributed by atoms with van der Waals surface area (Å²) < 4.78 is 0. The zero-order valence-electron chi connectivity index (χ0n) is 13.2. The van der Waals surface area contributed by atoms with Crippen LogP contribution in [0.25, 0.3) is 0 Å². The lowest BCUT2D eigenvalue weighted by atomic mass is 10.2. The van der Waals surface area contributed by atoms with Gasteiger partial charge in [-0.3, -0.25) is 9.78 Å². The van der Waals surface area contributed by atoms with E-state index in [0.717, 1.165) is 5.56 Å². The third-order valence-electron chi connectivity index (χ3n) is 3.39. The number of hydrogen-bond acceptors (Lipinski definition) is 6. The molecule has 3 rings (SSSR count). The van der Waals surface area contributed by atoms with Gasteiger partial charge in [0, 0.05) is 25.0 Å². The van der Waals surface area contributed by atoms with E-state index in [0.29, 0.717) is 23.6 Å². The molecule has 0 saturated heterocycles. The van der Waals surface area contributed by atoms with Gasteiger partial charge in [0.2, 0.25) is 0 Å². The van der Waals surface area contributed by atoms with Gasteiger partial charge in [-0.2, -0.15) is 5.26 Å². The molecule has 0 radical (unpaired) electrons. The summed E-state index contributed by atoms with van der Waals surface area (Å²) >= 11 is 0. The van der Waals surface area contributed by atoms with E-state index in [-0.39, 0.29) is 5.69 Å². The van der Waals surface area contributed by atoms with Crippen molar-refractivity contribution in [2.45, 2.75) is 6.54 Å². The van der Waals surface area contributed by atoms with Gasteiger partial charge in [0.15, 0.2) is 0 Å². The van der Waals surface area contributed by atoms with Crippen molar-refractivity contribution in [2.24, 2.45) is 0 Å². The molecule has 122 valence electrons. The summed E-state index contributed by atoms with van der Waals surface area (Å²) in [7, 11) is 0. The van der Waals surface area contributed by atoms with Crippen molar-refractivity contribution in [3.05, 3.63) is 78.0 Å². The summed E-state index contributed by atoms with van der Waals surface area (Å²) in [5.74, 6) is 0.118. The Morgan fingerprint density at radius 3 is 2.84 bits per heavy atom. The van der Waals surface area contributed by atoms with Gasteiger partial charge in [0.25, 0.3) is 5.91 Å². The number of anilines is 2. The third-order valence-corrected chi connectivity index (χ3v) is 3.39. The first-order valence-electron chi connectivity index (χ1n) is 7.51. The Labute approximate surface area is 144 Å². The first-order chi connectivity index (χ1) is 12.3. The second kappa shape index (κ2) is 7.66. The van der Waals surface area contributed by atoms with Gasteiger partial charge in [-0.1, -0.05) is 18.2 Å². The molecule has 0 spiro atoms. The van der Waals surface area contributed by atoms with E-state index in [2.05, 4.69) is 25.6 Å². The Hall–Kier alpha value is -3.79. The molecule has 0 atom stereocenters. The molecule has 0 aliphatic rings. The van der Waals surface area contributed by atoms with Crippen LogP contribution in [0.1, 0.15) is 21.6 Å². The predicted molar refractivity (Wildman–Crippen MR) is 92.7 cm³/mol. The first kappa shape index (κ1) is 16.1. The van der Waals surface area contributed by atoms with Crippen LogP contribution < -0.4 is 10.6 Å². The fraction of sp³-hybridized carbons (Fsp3) is 0.0556. The van der Waals surface area contributed by atoms with E-state index in [9.17, 15) is 4.79 Å². The van der Waals surface area contributed by atoms with Crippen LogP contribution in [0.3, 0.4) is 0 Å². The molecular formula is C18H14N6O. The number of carbonyl (C=O) groups excluding carboxylic acids is 1. The Morgan fingerprint density at radius 2 is 2.04 bits per heavy atom. The monoisotopic (exact) mass is 330 g/mol. The SMILES string of the molecule is N#Cc1ccccc1NC(=O)c1cc(NCc2cccnc2)ncn1. The molecule has 0 aliphatic carbocycles. The Morgan fingerprint density at radius 1 is 1.16 bits per heavy atom. The van der Waals surface area contributed by atoms with Gasteiger partial charge in [0.05, 0.1) is 11.3 Å². The molecule has 25 heavy (non-hydrogen) atoms. The largest absolute Gasteiger partial charge is 0.366 e. The number of nitrogens with zero attached hydrogens (tertiary/aromatic N) is 4. The van der Waals surface area contributed by atoms with Crippen LogP contribution in [0.2, 0.25) is 0 Å². The van der Waals surface area contributed by atoms with Crippen molar-refractivity contribution in [3.63, 3.8) is 0 Å². The number of carbonyl (C=O) groups is 1. The smallest absolute Gasteiger partial charge is 0.274 e. The van der Waals surface area contributed by atoms with Crippen molar-refractivity contribution >= 4 is 17.4 Å². The molecule has 1 amide bonds. The molecule has 7 nitrogen and oxygen atoms in total. The zero-order valence-corrected chi connectivity index (χ0v) is 13.2. The molecule has 0 fully saturated rings. The quantitative estimate of drug-likeness (QED) is 0.745. The van der Waals surface area contributed by atoms with Crippen LogP contribution in [0.5, 0.6) is 0 Å². The van der Waals surface area contributed by atoms with E-state index >= 15 is 0 Å². The number of para-hydroxylation sites is 1. The normalized spacial score (nSPS) is 9.88.